The highest BCUT2D eigenvalue weighted by Gasteiger charge is 2.25. The van der Waals surface area contributed by atoms with Crippen molar-refractivity contribution in [2.24, 2.45) is 11.1 Å². The van der Waals surface area contributed by atoms with Crippen LogP contribution in [0.2, 0.25) is 0 Å². The molecule has 0 atom stereocenters. The molecule has 1 fully saturated rings. The van der Waals surface area contributed by atoms with Gasteiger partial charge in [-0.1, -0.05) is 26.1 Å². The Labute approximate surface area is 85.7 Å². The molecule has 0 bridgehead atoms. The molecule has 0 saturated carbocycles. The molecule has 0 aliphatic carbocycles. The van der Waals surface area contributed by atoms with Crippen LogP contribution in [-0.2, 0) is 0 Å². The monoisotopic (exact) mass is 201 g/mol. The van der Waals surface area contributed by atoms with Crippen LogP contribution >= 0.6 is 12.2 Å². The maximum absolute atomic E-state index is 5.68. The predicted octanol–water partition coefficient (Wildman–Crippen LogP) is 0.204. The summed E-state index contributed by atoms with van der Waals surface area (Å²) < 4.78 is 0. The van der Waals surface area contributed by atoms with E-state index in [4.69, 9.17) is 18.0 Å². The Morgan fingerprint density at radius 1 is 1.46 bits per heavy atom. The SMILES string of the molecule is CC(C)(CN1CCNCC1)C(N)=S. The van der Waals surface area contributed by atoms with Gasteiger partial charge in [-0.05, 0) is 0 Å². The summed E-state index contributed by atoms with van der Waals surface area (Å²) in [6.45, 7) is 9.55. The van der Waals surface area contributed by atoms with Crippen molar-refractivity contribution in [1.29, 1.82) is 0 Å². The zero-order valence-corrected chi connectivity index (χ0v) is 9.28. The van der Waals surface area contributed by atoms with Crippen molar-refractivity contribution in [1.82, 2.24) is 10.2 Å². The van der Waals surface area contributed by atoms with Crippen LogP contribution in [0.25, 0.3) is 0 Å². The Morgan fingerprint density at radius 3 is 2.46 bits per heavy atom. The molecule has 0 amide bonds. The second-order valence-electron chi connectivity index (χ2n) is 4.27. The first kappa shape index (κ1) is 10.9. The van der Waals surface area contributed by atoms with Crippen LogP contribution in [-0.4, -0.2) is 42.6 Å². The highest BCUT2D eigenvalue weighted by molar-refractivity contribution is 7.80. The molecule has 76 valence electrons. The van der Waals surface area contributed by atoms with E-state index in [1.165, 1.54) is 0 Å². The summed E-state index contributed by atoms with van der Waals surface area (Å²) in [6, 6.07) is 0. The van der Waals surface area contributed by atoms with Gasteiger partial charge in [0.2, 0.25) is 0 Å². The van der Waals surface area contributed by atoms with Crippen LogP contribution in [0.1, 0.15) is 13.8 Å². The lowest BCUT2D eigenvalue weighted by atomic mass is 9.92. The fraction of sp³-hybridized carbons (Fsp3) is 0.889. The third kappa shape index (κ3) is 3.21. The van der Waals surface area contributed by atoms with Crippen LogP contribution in [0.15, 0.2) is 0 Å². The van der Waals surface area contributed by atoms with Crippen molar-refractivity contribution in [3.63, 3.8) is 0 Å². The molecule has 1 saturated heterocycles. The average Bonchev–Trinajstić information content (AvgIpc) is 2.05. The smallest absolute Gasteiger partial charge is 0.0797 e. The van der Waals surface area contributed by atoms with Gasteiger partial charge in [0.15, 0.2) is 0 Å². The minimum Gasteiger partial charge on any atom is -0.393 e. The number of rotatable bonds is 3. The summed E-state index contributed by atoms with van der Waals surface area (Å²) in [5.74, 6) is 0. The van der Waals surface area contributed by atoms with E-state index >= 15 is 0 Å². The van der Waals surface area contributed by atoms with E-state index in [-0.39, 0.29) is 5.41 Å². The maximum atomic E-state index is 5.68. The van der Waals surface area contributed by atoms with Crippen LogP contribution in [0, 0.1) is 5.41 Å². The molecule has 4 heteroatoms. The average molecular weight is 201 g/mol. The van der Waals surface area contributed by atoms with Crippen molar-refractivity contribution in [2.75, 3.05) is 32.7 Å². The highest BCUT2D eigenvalue weighted by atomic mass is 32.1. The van der Waals surface area contributed by atoms with E-state index in [2.05, 4.69) is 24.1 Å². The summed E-state index contributed by atoms with van der Waals surface area (Å²) in [7, 11) is 0. The fourth-order valence-corrected chi connectivity index (χ4v) is 1.57. The fourth-order valence-electron chi connectivity index (χ4n) is 1.51. The third-order valence-electron chi connectivity index (χ3n) is 2.50. The first-order valence-electron chi connectivity index (χ1n) is 4.75. The number of nitrogens with zero attached hydrogens (tertiary/aromatic N) is 1. The molecule has 0 aromatic rings. The summed E-state index contributed by atoms with van der Waals surface area (Å²) in [4.78, 5) is 3.03. The zero-order valence-electron chi connectivity index (χ0n) is 8.47. The zero-order chi connectivity index (χ0) is 9.90. The third-order valence-corrected chi connectivity index (χ3v) is 3.05. The van der Waals surface area contributed by atoms with Gasteiger partial charge in [0.05, 0.1) is 4.99 Å². The van der Waals surface area contributed by atoms with Crippen LogP contribution < -0.4 is 11.1 Å². The van der Waals surface area contributed by atoms with Crippen LogP contribution in [0.5, 0.6) is 0 Å². The molecule has 0 spiro atoms. The summed E-state index contributed by atoms with van der Waals surface area (Å²) in [6.07, 6.45) is 0. The summed E-state index contributed by atoms with van der Waals surface area (Å²) in [5, 5.41) is 3.32. The number of nitrogens with one attached hydrogen (secondary N) is 1. The molecular formula is C9H19N3S. The molecule has 1 aliphatic heterocycles. The normalized spacial score (nSPS) is 20.2. The van der Waals surface area contributed by atoms with Crippen molar-refractivity contribution < 1.29 is 0 Å². The van der Waals surface area contributed by atoms with Crippen molar-refractivity contribution >= 4 is 17.2 Å². The molecule has 1 rings (SSSR count). The van der Waals surface area contributed by atoms with Gasteiger partial charge in [0.25, 0.3) is 0 Å². The molecule has 0 unspecified atom stereocenters. The molecule has 0 aromatic heterocycles. The number of piperazine rings is 1. The number of hydrogen-bond acceptors (Lipinski definition) is 3. The molecule has 1 aliphatic rings. The second kappa shape index (κ2) is 4.35. The van der Waals surface area contributed by atoms with E-state index in [0.29, 0.717) is 4.99 Å². The minimum absolute atomic E-state index is 0.0350. The van der Waals surface area contributed by atoms with Gasteiger partial charge >= 0.3 is 0 Å². The quantitative estimate of drug-likeness (QED) is 0.640. The number of nitrogens with two attached hydrogens (primary N) is 1. The van der Waals surface area contributed by atoms with E-state index in [1.54, 1.807) is 0 Å². The lowest BCUT2D eigenvalue weighted by Crippen LogP contribution is -2.49. The van der Waals surface area contributed by atoms with E-state index in [9.17, 15) is 0 Å². The Balaban J connectivity index is 2.41. The Bertz CT molecular complexity index is 185. The largest absolute Gasteiger partial charge is 0.393 e. The van der Waals surface area contributed by atoms with Gasteiger partial charge in [-0.15, -0.1) is 0 Å². The predicted molar refractivity (Wildman–Crippen MR) is 59.9 cm³/mol. The van der Waals surface area contributed by atoms with Crippen LogP contribution in [0.4, 0.5) is 0 Å². The topological polar surface area (TPSA) is 41.3 Å². The Kier molecular flexibility index (Phi) is 3.64. The molecule has 13 heavy (non-hydrogen) atoms. The standard InChI is InChI=1S/C9H19N3S/c1-9(2,8(10)13)7-12-5-3-11-4-6-12/h11H,3-7H2,1-2H3,(H2,10,13). The van der Waals surface area contributed by atoms with Gasteiger partial charge in [-0.2, -0.15) is 0 Å². The summed E-state index contributed by atoms with van der Waals surface area (Å²) >= 11 is 5.04. The first-order chi connectivity index (χ1) is 6.02. The summed E-state index contributed by atoms with van der Waals surface area (Å²) in [5.41, 5.74) is 5.64. The molecule has 3 nitrogen and oxygen atoms in total. The van der Waals surface area contributed by atoms with Crippen molar-refractivity contribution in [3.05, 3.63) is 0 Å². The van der Waals surface area contributed by atoms with Crippen molar-refractivity contribution in [3.8, 4) is 0 Å². The maximum Gasteiger partial charge on any atom is 0.0797 e. The minimum atomic E-state index is -0.0350. The second-order valence-corrected chi connectivity index (χ2v) is 4.71. The Morgan fingerprint density at radius 2 is 2.00 bits per heavy atom. The van der Waals surface area contributed by atoms with Gasteiger partial charge in [0, 0.05) is 38.1 Å². The molecular weight excluding hydrogens is 182 g/mol. The van der Waals surface area contributed by atoms with Gasteiger partial charge in [-0.25, -0.2) is 0 Å². The van der Waals surface area contributed by atoms with Gasteiger partial charge in [0.1, 0.15) is 0 Å². The van der Waals surface area contributed by atoms with E-state index in [1.807, 2.05) is 0 Å². The van der Waals surface area contributed by atoms with E-state index in [0.717, 1.165) is 32.7 Å². The lowest BCUT2D eigenvalue weighted by molar-refractivity contribution is 0.197. The van der Waals surface area contributed by atoms with Gasteiger partial charge < -0.3 is 11.1 Å². The number of thiocarbonyl (C=S) groups is 1. The Hall–Kier alpha value is -0.190. The first-order valence-corrected chi connectivity index (χ1v) is 5.16. The van der Waals surface area contributed by atoms with Crippen LogP contribution in [0.3, 0.4) is 0 Å². The molecule has 3 N–H and O–H groups in total. The number of hydrogen-bond donors (Lipinski definition) is 2. The highest BCUT2D eigenvalue weighted by Crippen LogP contribution is 2.17. The molecule has 1 heterocycles. The van der Waals surface area contributed by atoms with E-state index < -0.39 is 0 Å². The lowest BCUT2D eigenvalue weighted by Gasteiger charge is -2.34. The van der Waals surface area contributed by atoms with Crippen molar-refractivity contribution in [2.45, 2.75) is 13.8 Å². The van der Waals surface area contributed by atoms with Gasteiger partial charge in [-0.3, -0.25) is 4.90 Å². The molecule has 0 radical (unpaired) electrons. The molecule has 0 aromatic carbocycles.